The number of aromatic nitrogens is 3. The second-order valence-electron chi connectivity index (χ2n) is 6.27. The van der Waals surface area contributed by atoms with Crippen LogP contribution in [0.4, 0.5) is 0 Å². The summed E-state index contributed by atoms with van der Waals surface area (Å²) in [6.07, 6.45) is 1.85. The maximum Gasteiger partial charge on any atom is 0.253 e. The van der Waals surface area contributed by atoms with Crippen LogP contribution in [0.3, 0.4) is 0 Å². The fraction of sp³-hybridized carbons (Fsp3) is 0.200. The highest BCUT2D eigenvalue weighted by Crippen LogP contribution is 2.14. The third-order valence-corrected chi connectivity index (χ3v) is 4.01. The molecule has 1 N–H and O–H groups in total. The van der Waals surface area contributed by atoms with E-state index in [1.807, 2.05) is 36.5 Å². The Morgan fingerprint density at radius 1 is 1.04 bits per heavy atom. The highest BCUT2D eigenvalue weighted by molar-refractivity contribution is 5.99. The molecule has 0 saturated carbocycles. The van der Waals surface area contributed by atoms with Gasteiger partial charge in [0.1, 0.15) is 5.69 Å². The van der Waals surface area contributed by atoms with Crippen molar-refractivity contribution in [3.8, 4) is 11.3 Å². The van der Waals surface area contributed by atoms with E-state index in [9.17, 15) is 9.59 Å². The molecule has 1 aromatic heterocycles. The molecule has 1 heterocycles. The molecule has 0 bridgehead atoms. The van der Waals surface area contributed by atoms with Crippen LogP contribution >= 0.6 is 0 Å². The van der Waals surface area contributed by atoms with E-state index in [-0.39, 0.29) is 11.8 Å². The van der Waals surface area contributed by atoms with Gasteiger partial charge in [0.15, 0.2) is 0 Å². The zero-order chi connectivity index (χ0) is 19.2. The van der Waals surface area contributed by atoms with Gasteiger partial charge in [-0.15, -0.1) is 5.10 Å². The maximum atomic E-state index is 12.3. The van der Waals surface area contributed by atoms with Gasteiger partial charge in [-0.3, -0.25) is 14.3 Å². The van der Waals surface area contributed by atoms with E-state index in [0.717, 1.165) is 11.3 Å². The second-order valence-corrected chi connectivity index (χ2v) is 6.27. The lowest BCUT2D eigenvalue weighted by Crippen LogP contribution is -2.28. The number of nitrogens with zero attached hydrogens (tertiary/aromatic N) is 4. The van der Waals surface area contributed by atoms with E-state index in [0.29, 0.717) is 24.2 Å². The number of carbonyl (C=O) groups excluding carboxylic acids is 2. The number of carbonyl (C=O) groups is 2. The summed E-state index contributed by atoms with van der Waals surface area (Å²) in [5, 5.41) is 11.1. The van der Waals surface area contributed by atoms with Crippen LogP contribution in [-0.2, 0) is 6.54 Å². The van der Waals surface area contributed by atoms with Gasteiger partial charge in [-0.1, -0.05) is 41.6 Å². The third kappa shape index (κ3) is 4.58. The number of benzene rings is 2. The zero-order valence-electron chi connectivity index (χ0n) is 15.3. The van der Waals surface area contributed by atoms with Gasteiger partial charge in [-0.25, -0.2) is 0 Å². The van der Waals surface area contributed by atoms with E-state index in [2.05, 4.69) is 15.6 Å². The first-order valence-corrected chi connectivity index (χ1v) is 8.60. The van der Waals surface area contributed by atoms with Crippen molar-refractivity contribution < 1.29 is 9.59 Å². The largest absolute Gasteiger partial charge is 0.350 e. The Balaban J connectivity index is 1.57. The van der Waals surface area contributed by atoms with Crippen LogP contribution in [0.1, 0.15) is 20.7 Å². The van der Waals surface area contributed by atoms with Crippen LogP contribution in [0.25, 0.3) is 11.3 Å². The van der Waals surface area contributed by atoms with E-state index in [1.165, 1.54) is 4.90 Å². The fourth-order valence-electron chi connectivity index (χ4n) is 2.59. The van der Waals surface area contributed by atoms with Crippen molar-refractivity contribution in [2.75, 3.05) is 20.6 Å². The van der Waals surface area contributed by atoms with E-state index in [4.69, 9.17) is 0 Å². The smallest absolute Gasteiger partial charge is 0.253 e. The summed E-state index contributed by atoms with van der Waals surface area (Å²) >= 11 is 0. The highest BCUT2D eigenvalue weighted by atomic mass is 16.2. The molecule has 7 nitrogen and oxygen atoms in total. The first-order chi connectivity index (χ1) is 13.0. The monoisotopic (exact) mass is 363 g/mol. The number of amides is 2. The second kappa shape index (κ2) is 8.27. The molecule has 0 saturated heterocycles. The molecule has 0 radical (unpaired) electrons. The zero-order valence-corrected chi connectivity index (χ0v) is 15.3. The van der Waals surface area contributed by atoms with Gasteiger partial charge in [0, 0.05) is 37.3 Å². The van der Waals surface area contributed by atoms with Crippen LogP contribution in [0.2, 0.25) is 0 Å². The van der Waals surface area contributed by atoms with Gasteiger partial charge in [-0.05, 0) is 18.2 Å². The minimum absolute atomic E-state index is 0.138. The van der Waals surface area contributed by atoms with Crippen molar-refractivity contribution >= 4 is 11.8 Å². The minimum atomic E-state index is -0.230. The molecule has 138 valence electrons. The molecule has 0 spiro atoms. The molecule has 2 amide bonds. The summed E-state index contributed by atoms with van der Waals surface area (Å²) in [7, 11) is 3.35. The molecule has 7 heteroatoms. The lowest BCUT2D eigenvalue weighted by molar-refractivity contribution is 0.0827. The van der Waals surface area contributed by atoms with Crippen LogP contribution < -0.4 is 5.32 Å². The summed E-state index contributed by atoms with van der Waals surface area (Å²) in [4.78, 5) is 25.8. The van der Waals surface area contributed by atoms with Gasteiger partial charge >= 0.3 is 0 Å². The molecule has 0 aliphatic carbocycles. The summed E-state index contributed by atoms with van der Waals surface area (Å²) in [5.74, 6) is -0.368. The summed E-state index contributed by atoms with van der Waals surface area (Å²) < 4.78 is 1.69. The van der Waals surface area contributed by atoms with Crippen LogP contribution in [0, 0.1) is 0 Å². The third-order valence-electron chi connectivity index (χ3n) is 4.01. The Morgan fingerprint density at radius 2 is 1.78 bits per heavy atom. The first-order valence-electron chi connectivity index (χ1n) is 8.60. The predicted molar refractivity (Wildman–Crippen MR) is 102 cm³/mol. The molecular weight excluding hydrogens is 342 g/mol. The van der Waals surface area contributed by atoms with Gasteiger partial charge < -0.3 is 10.2 Å². The molecular formula is C20H21N5O2. The Morgan fingerprint density at radius 3 is 2.52 bits per heavy atom. The SMILES string of the molecule is CN(C)C(=O)c1cccc(C(=O)NCCn2cc(-c3ccccc3)nn2)c1. The molecule has 3 aromatic rings. The van der Waals surface area contributed by atoms with Crippen molar-refractivity contribution in [2.24, 2.45) is 0 Å². The van der Waals surface area contributed by atoms with E-state index >= 15 is 0 Å². The van der Waals surface area contributed by atoms with Crippen molar-refractivity contribution in [1.29, 1.82) is 0 Å². The van der Waals surface area contributed by atoms with Crippen LogP contribution in [0.5, 0.6) is 0 Å². The van der Waals surface area contributed by atoms with Crippen molar-refractivity contribution in [3.05, 3.63) is 71.9 Å². The lowest BCUT2D eigenvalue weighted by Gasteiger charge is -2.11. The standard InChI is InChI=1S/C20H21N5O2/c1-24(2)20(27)17-10-6-9-16(13-17)19(26)21-11-12-25-14-18(22-23-25)15-7-4-3-5-8-15/h3-10,13-14H,11-12H2,1-2H3,(H,21,26). The highest BCUT2D eigenvalue weighted by Gasteiger charge is 2.11. The Bertz CT molecular complexity index is 934. The number of hydrogen-bond donors (Lipinski definition) is 1. The van der Waals surface area contributed by atoms with Crippen LogP contribution in [-0.4, -0.2) is 52.3 Å². The Hall–Kier alpha value is -3.48. The number of nitrogens with one attached hydrogen (secondary N) is 1. The number of hydrogen-bond acceptors (Lipinski definition) is 4. The molecule has 0 atom stereocenters. The normalized spacial score (nSPS) is 10.4. The van der Waals surface area contributed by atoms with Gasteiger partial charge in [-0.2, -0.15) is 0 Å². The molecule has 27 heavy (non-hydrogen) atoms. The van der Waals surface area contributed by atoms with Crippen molar-refractivity contribution in [2.45, 2.75) is 6.54 Å². The minimum Gasteiger partial charge on any atom is -0.350 e. The van der Waals surface area contributed by atoms with Gasteiger partial charge in [0.05, 0.1) is 12.7 Å². The summed E-state index contributed by atoms with van der Waals surface area (Å²) in [5.41, 5.74) is 2.72. The van der Waals surface area contributed by atoms with E-state index in [1.54, 1.807) is 43.0 Å². The molecule has 0 unspecified atom stereocenters. The fourth-order valence-corrected chi connectivity index (χ4v) is 2.59. The quantitative estimate of drug-likeness (QED) is 0.727. The summed E-state index contributed by atoms with van der Waals surface area (Å²) in [6.45, 7) is 0.907. The average Bonchev–Trinajstić information content (AvgIpc) is 3.17. The molecule has 0 aliphatic rings. The molecule has 0 fully saturated rings. The van der Waals surface area contributed by atoms with Crippen molar-refractivity contribution in [3.63, 3.8) is 0 Å². The topological polar surface area (TPSA) is 80.1 Å². The molecule has 0 aliphatic heterocycles. The number of rotatable bonds is 6. The predicted octanol–water partition coefficient (Wildman–Crippen LogP) is 2.08. The van der Waals surface area contributed by atoms with Crippen LogP contribution in [0.15, 0.2) is 60.8 Å². The van der Waals surface area contributed by atoms with E-state index < -0.39 is 0 Å². The molecule has 3 rings (SSSR count). The maximum absolute atomic E-state index is 12.3. The summed E-state index contributed by atoms with van der Waals surface area (Å²) in [6, 6.07) is 16.5. The Kier molecular flexibility index (Phi) is 5.61. The van der Waals surface area contributed by atoms with Gasteiger partial charge in [0.2, 0.25) is 0 Å². The lowest BCUT2D eigenvalue weighted by atomic mass is 10.1. The van der Waals surface area contributed by atoms with Crippen molar-refractivity contribution in [1.82, 2.24) is 25.2 Å². The first kappa shape index (κ1) is 18.3. The van der Waals surface area contributed by atoms with Gasteiger partial charge in [0.25, 0.3) is 11.8 Å². The average molecular weight is 363 g/mol. The molecule has 2 aromatic carbocycles. The Labute approximate surface area is 157 Å².